The highest BCUT2D eigenvalue weighted by Gasteiger charge is 2.15. The van der Waals surface area contributed by atoms with E-state index in [1.165, 1.54) is 0 Å². The van der Waals surface area contributed by atoms with Crippen LogP contribution in [-0.4, -0.2) is 43.5 Å². The molecule has 0 saturated carbocycles. The van der Waals surface area contributed by atoms with Gasteiger partial charge >= 0.3 is 0 Å². The standard InChI is InChI=1S/C12H14BrNO2.ClH/c13-11-3-1-10(2-4-11)12(15)9-14-5-7-16-8-6-14;/h1-4H,5-9H2;1H/p-1. The van der Waals surface area contributed by atoms with Crippen LogP contribution in [0, 0.1) is 0 Å². The first-order valence-corrected chi connectivity index (χ1v) is 6.14. The normalized spacial score (nSPS) is 16.3. The van der Waals surface area contributed by atoms with Gasteiger partial charge in [0.15, 0.2) is 5.78 Å². The summed E-state index contributed by atoms with van der Waals surface area (Å²) < 4.78 is 6.24. The lowest BCUT2D eigenvalue weighted by molar-refractivity contribution is -0.0000159. The molecule has 1 aliphatic rings. The van der Waals surface area contributed by atoms with Gasteiger partial charge in [0.05, 0.1) is 19.8 Å². The fourth-order valence-corrected chi connectivity index (χ4v) is 1.95. The van der Waals surface area contributed by atoms with Crippen LogP contribution in [-0.2, 0) is 4.74 Å². The molecule has 0 spiro atoms. The molecular weight excluding hydrogens is 305 g/mol. The van der Waals surface area contributed by atoms with Gasteiger partial charge < -0.3 is 17.1 Å². The van der Waals surface area contributed by atoms with E-state index in [0.717, 1.165) is 36.3 Å². The van der Waals surface area contributed by atoms with Gasteiger partial charge in [-0.05, 0) is 12.1 Å². The Morgan fingerprint density at radius 3 is 2.41 bits per heavy atom. The number of carbonyl (C=O) groups is 1. The van der Waals surface area contributed by atoms with Crippen LogP contribution in [0.2, 0.25) is 0 Å². The molecule has 0 N–H and O–H groups in total. The van der Waals surface area contributed by atoms with Crippen molar-refractivity contribution in [2.24, 2.45) is 0 Å². The average Bonchev–Trinajstić information content (AvgIpc) is 2.31. The molecule has 1 aromatic carbocycles. The van der Waals surface area contributed by atoms with E-state index in [1.807, 2.05) is 24.3 Å². The van der Waals surface area contributed by atoms with E-state index in [1.54, 1.807) is 0 Å². The van der Waals surface area contributed by atoms with Gasteiger partial charge in [-0.1, -0.05) is 28.1 Å². The largest absolute Gasteiger partial charge is 1.00 e. The maximum absolute atomic E-state index is 11.9. The third-order valence-corrected chi connectivity index (χ3v) is 3.17. The van der Waals surface area contributed by atoms with E-state index in [2.05, 4.69) is 20.8 Å². The summed E-state index contributed by atoms with van der Waals surface area (Å²) in [6, 6.07) is 7.50. The molecule has 0 radical (unpaired) electrons. The molecule has 1 aliphatic heterocycles. The highest BCUT2D eigenvalue weighted by molar-refractivity contribution is 9.10. The summed E-state index contributed by atoms with van der Waals surface area (Å²) in [5.74, 6) is 0.175. The molecule has 0 aliphatic carbocycles. The van der Waals surface area contributed by atoms with Crippen molar-refractivity contribution in [2.75, 3.05) is 32.8 Å². The summed E-state index contributed by atoms with van der Waals surface area (Å²) in [6.07, 6.45) is 0. The van der Waals surface area contributed by atoms with Crippen molar-refractivity contribution < 1.29 is 21.9 Å². The van der Waals surface area contributed by atoms with Crippen LogP contribution in [0.1, 0.15) is 10.4 Å². The monoisotopic (exact) mass is 318 g/mol. The van der Waals surface area contributed by atoms with Gasteiger partial charge in [-0.25, -0.2) is 0 Å². The highest BCUT2D eigenvalue weighted by Crippen LogP contribution is 2.11. The van der Waals surface area contributed by atoms with Gasteiger partial charge in [-0.3, -0.25) is 9.69 Å². The minimum Gasteiger partial charge on any atom is -1.00 e. The van der Waals surface area contributed by atoms with E-state index >= 15 is 0 Å². The predicted molar refractivity (Wildman–Crippen MR) is 65.7 cm³/mol. The number of ether oxygens (including phenoxy) is 1. The number of hydrogen-bond donors (Lipinski definition) is 0. The Kier molecular flexibility index (Phi) is 6.12. The number of rotatable bonds is 3. The van der Waals surface area contributed by atoms with Crippen molar-refractivity contribution >= 4 is 21.7 Å². The van der Waals surface area contributed by atoms with E-state index in [-0.39, 0.29) is 18.2 Å². The molecule has 1 saturated heterocycles. The van der Waals surface area contributed by atoms with E-state index in [4.69, 9.17) is 4.74 Å². The minimum atomic E-state index is 0. The fraction of sp³-hybridized carbons (Fsp3) is 0.417. The first-order valence-electron chi connectivity index (χ1n) is 5.34. The summed E-state index contributed by atoms with van der Waals surface area (Å²) in [7, 11) is 0. The van der Waals surface area contributed by atoms with Gasteiger partial charge in [0, 0.05) is 23.1 Å². The summed E-state index contributed by atoms with van der Waals surface area (Å²) in [6.45, 7) is 3.65. The number of morpholine rings is 1. The zero-order valence-corrected chi connectivity index (χ0v) is 11.7. The second kappa shape index (κ2) is 7.11. The zero-order chi connectivity index (χ0) is 11.4. The number of hydrogen-bond acceptors (Lipinski definition) is 3. The SMILES string of the molecule is O=C(CN1CCOCC1)c1ccc(Br)cc1.[Cl-]. The smallest absolute Gasteiger partial charge is 0.176 e. The van der Waals surface area contributed by atoms with Crippen molar-refractivity contribution in [1.82, 2.24) is 4.90 Å². The van der Waals surface area contributed by atoms with Gasteiger partial charge in [0.1, 0.15) is 0 Å². The molecule has 2 rings (SSSR count). The van der Waals surface area contributed by atoms with E-state index in [0.29, 0.717) is 6.54 Å². The van der Waals surface area contributed by atoms with Crippen LogP contribution in [0.4, 0.5) is 0 Å². The summed E-state index contributed by atoms with van der Waals surface area (Å²) in [5.41, 5.74) is 0.773. The van der Waals surface area contributed by atoms with E-state index < -0.39 is 0 Å². The van der Waals surface area contributed by atoms with Crippen molar-refractivity contribution in [2.45, 2.75) is 0 Å². The van der Waals surface area contributed by atoms with Crippen LogP contribution >= 0.6 is 15.9 Å². The van der Waals surface area contributed by atoms with Crippen molar-refractivity contribution in [1.29, 1.82) is 0 Å². The Morgan fingerprint density at radius 1 is 1.24 bits per heavy atom. The van der Waals surface area contributed by atoms with Crippen LogP contribution in [0.3, 0.4) is 0 Å². The van der Waals surface area contributed by atoms with Crippen molar-refractivity contribution in [3.8, 4) is 0 Å². The number of halogens is 2. The van der Waals surface area contributed by atoms with Crippen molar-refractivity contribution in [3.63, 3.8) is 0 Å². The number of benzene rings is 1. The molecule has 94 valence electrons. The molecule has 0 bridgehead atoms. The Hall–Kier alpha value is -0.420. The topological polar surface area (TPSA) is 29.5 Å². The minimum absolute atomic E-state index is 0. The molecule has 1 fully saturated rings. The van der Waals surface area contributed by atoms with Gasteiger partial charge in [-0.2, -0.15) is 0 Å². The lowest BCUT2D eigenvalue weighted by atomic mass is 10.1. The zero-order valence-electron chi connectivity index (χ0n) is 9.36. The Labute approximate surface area is 116 Å². The molecule has 0 unspecified atom stereocenters. The van der Waals surface area contributed by atoms with Crippen molar-refractivity contribution in [3.05, 3.63) is 34.3 Å². The molecule has 1 aromatic rings. The number of Topliss-reactive ketones (excluding diaryl/α,β-unsaturated/α-hetero) is 1. The number of nitrogens with zero attached hydrogens (tertiary/aromatic N) is 1. The Morgan fingerprint density at radius 2 is 1.82 bits per heavy atom. The summed E-state index contributed by atoms with van der Waals surface area (Å²) in [5, 5.41) is 0. The second-order valence-corrected chi connectivity index (χ2v) is 4.73. The van der Waals surface area contributed by atoms with Crippen LogP contribution in [0.5, 0.6) is 0 Å². The molecule has 0 atom stereocenters. The Bertz CT molecular complexity index is 363. The lowest BCUT2D eigenvalue weighted by Gasteiger charge is -2.25. The summed E-state index contributed by atoms with van der Waals surface area (Å²) >= 11 is 3.35. The first kappa shape index (κ1) is 14.6. The predicted octanol–water partition coefficient (Wildman–Crippen LogP) is -1.03. The molecule has 5 heteroatoms. The maximum Gasteiger partial charge on any atom is 0.176 e. The molecule has 0 amide bonds. The van der Waals surface area contributed by atoms with Crippen LogP contribution in [0.15, 0.2) is 28.7 Å². The fourth-order valence-electron chi connectivity index (χ4n) is 1.69. The quantitative estimate of drug-likeness (QED) is 0.667. The second-order valence-electron chi connectivity index (χ2n) is 3.82. The third kappa shape index (κ3) is 4.39. The third-order valence-electron chi connectivity index (χ3n) is 2.64. The molecule has 0 aromatic heterocycles. The lowest BCUT2D eigenvalue weighted by Crippen LogP contribution is -3.00. The van der Waals surface area contributed by atoms with Gasteiger partial charge in [-0.15, -0.1) is 0 Å². The molecule has 17 heavy (non-hydrogen) atoms. The first-order chi connectivity index (χ1) is 7.75. The summed E-state index contributed by atoms with van der Waals surface area (Å²) in [4.78, 5) is 14.1. The van der Waals surface area contributed by atoms with Gasteiger partial charge in [0.25, 0.3) is 0 Å². The van der Waals surface area contributed by atoms with Crippen LogP contribution < -0.4 is 12.4 Å². The number of carbonyl (C=O) groups excluding carboxylic acids is 1. The Balaban J connectivity index is 0.00000144. The highest BCUT2D eigenvalue weighted by atomic mass is 79.9. The van der Waals surface area contributed by atoms with Gasteiger partial charge in [0.2, 0.25) is 0 Å². The number of ketones is 1. The maximum atomic E-state index is 11.9. The molecule has 1 heterocycles. The average molecular weight is 320 g/mol. The molecular formula is C12H14BrClNO2-. The van der Waals surface area contributed by atoms with Crippen LogP contribution in [0.25, 0.3) is 0 Å². The molecule has 3 nitrogen and oxygen atoms in total. The van der Waals surface area contributed by atoms with E-state index in [9.17, 15) is 4.79 Å².